The Labute approximate surface area is 82.4 Å². The van der Waals surface area contributed by atoms with Crippen LogP contribution in [-0.2, 0) is 13.6 Å². The molecule has 0 aliphatic carbocycles. The van der Waals surface area contributed by atoms with E-state index in [0.29, 0.717) is 18.8 Å². The van der Waals surface area contributed by atoms with E-state index in [1.165, 1.54) is 4.80 Å². The SMILES string of the molecule is CN(CCC(=N)N)Cc1nnn(C)n1. The maximum absolute atomic E-state index is 7.07. The highest BCUT2D eigenvalue weighted by Gasteiger charge is 2.05. The monoisotopic (exact) mass is 197 g/mol. The molecule has 0 radical (unpaired) electrons. The van der Waals surface area contributed by atoms with Gasteiger partial charge in [-0.15, -0.1) is 10.2 Å². The molecular formula is C7H15N7. The predicted octanol–water partition coefficient (Wildman–Crippen LogP) is -1.03. The van der Waals surface area contributed by atoms with Crippen molar-refractivity contribution in [1.82, 2.24) is 25.1 Å². The lowest BCUT2D eigenvalue weighted by Crippen LogP contribution is -2.24. The van der Waals surface area contributed by atoms with Gasteiger partial charge in [-0.2, -0.15) is 4.80 Å². The van der Waals surface area contributed by atoms with Crippen molar-refractivity contribution in [3.05, 3.63) is 5.82 Å². The molecule has 0 saturated heterocycles. The number of tetrazole rings is 1. The zero-order valence-corrected chi connectivity index (χ0v) is 8.43. The number of nitrogens with zero attached hydrogens (tertiary/aromatic N) is 5. The van der Waals surface area contributed by atoms with Gasteiger partial charge in [0.15, 0.2) is 5.82 Å². The summed E-state index contributed by atoms with van der Waals surface area (Å²) in [6, 6.07) is 0. The van der Waals surface area contributed by atoms with Crippen LogP contribution in [0.5, 0.6) is 0 Å². The Morgan fingerprint density at radius 3 is 2.86 bits per heavy atom. The molecule has 78 valence electrons. The Morgan fingerprint density at radius 2 is 2.36 bits per heavy atom. The summed E-state index contributed by atoms with van der Waals surface area (Å²) >= 11 is 0. The number of amidine groups is 1. The highest BCUT2D eigenvalue weighted by Crippen LogP contribution is 1.94. The molecule has 14 heavy (non-hydrogen) atoms. The van der Waals surface area contributed by atoms with Gasteiger partial charge in [-0.05, 0) is 12.3 Å². The molecule has 7 heteroatoms. The number of aromatic nitrogens is 4. The molecule has 0 aromatic carbocycles. The van der Waals surface area contributed by atoms with Crippen LogP contribution in [0.3, 0.4) is 0 Å². The molecule has 1 aromatic rings. The number of hydrogen-bond donors (Lipinski definition) is 2. The molecule has 0 saturated carbocycles. The second-order valence-electron chi connectivity index (χ2n) is 3.21. The van der Waals surface area contributed by atoms with Gasteiger partial charge in [0, 0.05) is 13.0 Å². The molecule has 1 rings (SSSR count). The number of nitrogens with one attached hydrogen (secondary N) is 1. The summed E-state index contributed by atoms with van der Waals surface area (Å²) in [5, 5.41) is 18.7. The third-order valence-electron chi connectivity index (χ3n) is 1.72. The van der Waals surface area contributed by atoms with Crippen molar-refractivity contribution < 1.29 is 0 Å². The average Bonchev–Trinajstić information content (AvgIpc) is 2.48. The highest BCUT2D eigenvalue weighted by molar-refractivity contribution is 5.76. The van der Waals surface area contributed by atoms with E-state index in [1.807, 2.05) is 11.9 Å². The van der Waals surface area contributed by atoms with Crippen LogP contribution in [0.1, 0.15) is 12.2 Å². The van der Waals surface area contributed by atoms with Crippen LogP contribution >= 0.6 is 0 Å². The minimum atomic E-state index is 0.198. The molecule has 0 aliphatic heterocycles. The van der Waals surface area contributed by atoms with Crippen LogP contribution in [0, 0.1) is 5.41 Å². The zero-order valence-electron chi connectivity index (χ0n) is 8.43. The quantitative estimate of drug-likeness (QED) is 0.464. The Balaban J connectivity index is 2.33. The van der Waals surface area contributed by atoms with E-state index in [1.54, 1.807) is 7.05 Å². The maximum Gasteiger partial charge on any atom is 0.188 e. The number of rotatable bonds is 5. The normalized spacial score (nSPS) is 10.8. The van der Waals surface area contributed by atoms with Crippen LogP contribution in [-0.4, -0.2) is 44.5 Å². The van der Waals surface area contributed by atoms with Crippen LogP contribution in [0.4, 0.5) is 0 Å². The Kier molecular flexibility index (Phi) is 3.52. The first-order chi connectivity index (χ1) is 6.58. The predicted molar refractivity (Wildman–Crippen MR) is 51.7 cm³/mol. The second kappa shape index (κ2) is 4.66. The fourth-order valence-electron chi connectivity index (χ4n) is 1.02. The molecule has 0 unspecified atom stereocenters. The lowest BCUT2D eigenvalue weighted by atomic mass is 10.3. The molecule has 7 nitrogen and oxygen atoms in total. The van der Waals surface area contributed by atoms with Gasteiger partial charge < -0.3 is 5.73 Å². The molecule has 0 fully saturated rings. The number of nitrogens with two attached hydrogens (primary N) is 1. The fourth-order valence-corrected chi connectivity index (χ4v) is 1.02. The van der Waals surface area contributed by atoms with Crippen molar-refractivity contribution >= 4 is 5.84 Å². The summed E-state index contributed by atoms with van der Waals surface area (Å²) in [5.74, 6) is 0.877. The number of hydrogen-bond acceptors (Lipinski definition) is 5. The van der Waals surface area contributed by atoms with Crippen molar-refractivity contribution in [2.75, 3.05) is 13.6 Å². The van der Waals surface area contributed by atoms with Crippen LogP contribution in [0.15, 0.2) is 0 Å². The van der Waals surface area contributed by atoms with Gasteiger partial charge in [-0.25, -0.2) is 0 Å². The molecule has 3 N–H and O–H groups in total. The Bertz CT molecular complexity index is 305. The van der Waals surface area contributed by atoms with E-state index < -0.39 is 0 Å². The lowest BCUT2D eigenvalue weighted by Gasteiger charge is -2.12. The smallest absolute Gasteiger partial charge is 0.188 e. The van der Waals surface area contributed by atoms with E-state index in [-0.39, 0.29) is 5.84 Å². The van der Waals surface area contributed by atoms with Gasteiger partial charge in [0.25, 0.3) is 0 Å². The van der Waals surface area contributed by atoms with Crippen LogP contribution in [0.25, 0.3) is 0 Å². The van der Waals surface area contributed by atoms with E-state index in [9.17, 15) is 0 Å². The van der Waals surface area contributed by atoms with Gasteiger partial charge in [0.05, 0.1) is 19.4 Å². The topological polar surface area (TPSA) is 96.7 Å². The van der Waals surface area contributed by atoms with Crippen LogP contribution in [0.2, 0.25) is 0 Å². The van der Waals surface area contributed by atoms with E-state index in [2.05, 4.69) is 15.4 Å². The van der Waals surface area contributed by atoms with Crippen molar-refractivity contribution in [1.29, 1.82) is 5.41 Å². The van der Waals surface area contributed by atoms with Crippen molar-refractivity contribution in [2.24, 2.45) is 12.8 Å². The molecule has 0 aliphatic rings. The van der Waals surface area contributed by atoms with Crippen LogP contribution < -0.4 is 5.73 Å². The summed E-state index contributed by atoms with van der Waals surface area (Å²) in [5.41, 5.74) is 5.25. The van der Waals surface area contributed by atoms with E-state index >= 15 is 0 Å². The minimum Gasteiger partial charge on any atom is -0.388 e. The summed E-state index contributed by atoms with van der Waals surface area (Å²) in [6.07, 6.45) is 0.566. The van der Waals surface area contributed by atoms with Crippen molar-refractivity contribution in [2.45, 2.75) is 13.0 Å². The third-order valence-corrected chi connectivity index (χ3v) is 1.72. The standard InChI is InChI=1S/C7H15N7/c1-13(4-3-6(8)9)5-7-10-12-14(2)11-7/h3-5H2,1-2H3,(H3,8,9). The molecule has 1 heterocycles. The van der Waals surface area contributed by atoms with Gasteiger partial charge in [-0.3, -0.25) is 10.3 Å². The summed E-state index contributed by atoms with van der Waals surface area (Å²) in [4.78, 5) is 3.42. The molecule has 0 amide bonds. The lowest BCUT2D eigenvalue weighted by molar-refractivity contribution is 0.327. The fraction of sp³-hybridized carbons (Fsp3) is 0.714. The largest absolute Gasteiger partial charge is 0.388 e. The van der Waals surface area contributed by atoms with Crippen molar-refractivity contribution in [3.63, 3.8) is 0 Å². The van der Waals surface area contributed by atoms with E-state index in [4.69, 9.17) is 11.1 Å². The minimum absolute atomic E-state index is 0.198. The second-order valence-corrected chi connectivity index (χ2v) is 3.21. The zero-order chi connectivity index (χ0) is 10.6. The summed E-state index contributed by atoms with van der Waals surface area (Å²) < 4.78 is 0. The van der Waals surface area contributed by atoms with Gasteiger partial charge in [0.1, 0.15) is 0 Å². The Morgan fingerprint density at radius 1 is 1.64 bits per heavy atom. The molecule has 1 aromatic heterocycles. The van der Waals surface area contributed by atoms with Gasteiger partial charge >= 0.3 is 0 Å². The molecule has 0 spiro atoms. The van der Waals surface area contributed by atoms with Gasteiger partial charge in [0.2, 0.25) is 0 Å². The summed E-state index contributed by atoms with van der Waals surface area (Å²) in [6.45, 7) is 1.36. The maximum atomic E-state index is 7.07. The summed E-state index contributed by atoms with van der Waals surface area (Å²) in [7, 11) is 3.66. The molecule has 0 bridgehead atoms. The van der Waals surface area contributed by atoms with Crippen molar-refractivity contribution in [3.8, 4) is 0 Å². The first-order valence-electron chi connectivity index (χ1n) is 4.32. The molecule has 0 atom stereocenters. The van der Waals surface area contributed by atoms with E-state index in [0.717, 1.165) is 6.54 Å². The van der Waals surface area contributed by atoms with Gasteiger partial charge in [-0.1, -0.05) is 0 Å². The first kappa shape index (κ1) is 10.6. The molecular weight excluding hydrogens is 182 g/mol. The highest BCUT2D eigenvalue weighted by atomic mass is 15.6. The number of aryl methyl sites for hydroxylation is 1. The third kappa shape index (κ3) is 3.48. The Hall–Kier alpha value is -1.50. The first-order valence-corrected chi connectivity index (χ1v) is 4.32. The average molecular weight is 197 g/mol.